The minimum Gasteiger partial charge on any atom is -0.459 e. The molecule has 1 atom stereocenters. The van der Waals surface area contributed by atoms with Gasteiger partial charge < -0.3 is 4.42 Å². The van der Waals surface area contributed by atoms with E-state index in [1.807, 2.05) is 31.2 Å². The van der Waals surface area contributed by atoms with Crippen molar-refractivity contribution < 1.29 is 12.8 Å². The fraction of sp³-hybridized carbons (Fsp3) is 0.385. The molecule has 0 saturated carbocycles. The molecule has 3 N–H and O–H groups in total. The number of benzene rings is 1. The number of aryl methyl sites for hydroxylation is 1. The SMILES string of the molecule is Cc1ccc2oc(C(CCS(C)(=O)=O)NN)cc2c1. The maximum Gasteiger partial charge on any atom is 0.147 e. The standard InChI is InChI=1S/C13H18N2O3S/c1-9-3-4-12-10(7-9)8-13(18-12)11(15-14)5-6-19(2,16)17/h3-4,7-8,11,15H,5-6,14H2,1-2H3. The zero-order valence-electron chi connectivity index (χ0n) is 11.0. The molecule has 1 unspecified atom stereocenters. The molecule has 1 aromatic heterocycles. The quantitative estimate of drug-likeness (QED) is 0.643. The van der Waals surface area contributed by atoms with Gasteiger partial charge in [-0.15, -0.1) is 0 Å². The molecule has 0 radical (unpaired) electrons. The second-order valence-electron chi connectivity index (χ2n) is 4.83. The van der Waals surface area contributed by atoms with Gasteiger partial charge in [0.1, 0.15) is 21.2 Å². The van der Waals surface area contributed by atoms with Crippen LogP contribution in [-0.4, -0.2) is 20.4 Å². The first kappa shape index (κ1) is 14.0. The number of furan rings is 1. The van der Waals surface area contributed by atoms with E-state index in [1.54, 1.807) is 0 Å². The number of fused-ring (bicyclic) bond motifs is 1. The van der Waals surface area contributed by atoms with Gasteiger partial charge in [0.05, 0.1) is 11.8 Å². The topological polar surface area (TPSA) is 85.3 Å². The number of nitrogens with one attached hydrogen (secondary N) is 1. The van der Waals surface area contributed by atoms with Crippen molar-refractivity contribution in [1.29, 1.82) is 0 Å². The van der Waals surface area contributed by atoms with E-state index in [9.17, 15) is 8.42 Å². The molecule has 2 aromatic rings. The molecule has 5 nitrogen and oxygen atoms in total. The predicted octanol–water partition coefficient (Wildman–Crippen LogP) is 1.68. The molecule has 1 heterocycles. The van der Waals surface area contributed by atoms with Gasteiger partial charge in [-0.2, -0.15) is 0 Å². The van der Waals surface area contributed by atoms with E-state index in [0.717, 1.165) is 16.5 Å². The minimum absolute atomic E-state index is 0.0674. The minimum atomic E-state index is -3.01. The van der Waals surface area contributed by atoms with Crippen LogP contribution < -0.4 is 11.3 Å². The average Bonchev–Trinajstić information content (AvgIpc) is 2.71. The molecule has 0 aliphatic carbocycles. The average molecular weight is 282 g/mol. The molecule has 1 aromatic carbocycles. The lowest BCUT2D eigenvalue weighted by Crippen LogP contribution is -2.29. The Labute approximate surface area is 112 Å². The highest BCUT2D eigenvalue weighted by Crippen LogP contribution is 2.26. The van der Waals surface area contributed by atoms with Crippen molar-refractivity contribution in [3.63, 3.8) is 0 Å². The first-order valence-corrected chi connectivity index (χ1v) is 8.09. The lowest BCUT2D eigenvalue weighted by Gasteiger charge is -2.11. The van der Waals surface area contributed by atoms with Crippen molar-refractivity contribution in [1.82, 2.24) is 5.43 Å². The summed E-state index contributed by atoms with van der Waals surface area (Å²) in [6, 6.07) is 7.49. The fourth-order valence-electron chi connectivity index (χ4n) is 1.99. The molecule has 104 valence electrons. The Balaban J connectivity index is 2.25. The number of sulfone groups is 1. The molecule has 0 spiro atoms. The van der Waals surface area contributed by atoms with Crippen LogP contribution in [0, 0.1) is 6.92 Å². The van der Waals surface area contributed by atoms with Crippen LogP contribution in [0.5, 0.6) is 0 Å². The number of rotatable bonds is 5. The summed E-state index contributed by atoms with van der Waals surface area (Å²) < 4.78 is 28.1. The molecule has 0 bridgehead atoms. The molecule has 0 aliphatic heterocycles. The highest BCUT2D eigenvalue weighted by atomic mass is 32.2. The summed E-state index contributed by atoms with van der Waals surface area (Å²) in [4.78, 5) is 0. The summed E-state index contributed by atoms with van der Waals surface area (Å²) in [5.74, 6) is 6.21. The highest BCUT2D eigenvalue weighted by molar-refractivity contribution is 7.90. The molecule has 0 saturated heterocycles. The Bertz CT molecular complexity index is 676. The second-order valence-corrected chi connectivity index (χ2v) is 7.09. The van der Waals surface area contributed by atoms with Crippen molar-refractivity contribution in [2.45, 2.75) is 19.4 Å². The highest BCUT2D eigenvalue weighted by Gasteiger charge is 2.17. The van der Waals surface area contributed by atoms with E-state index >= 15 is 0 Å². The lowest BCUT2D eigenvalue weighted by molar-refractivity contribution is 0.427. The summed E-state index contributed by atoms with van der Waals surface area (Å²) in [7, 11) is -3.01. The van der Waals surface area contributed by atoms with Gasteiger partial charge in [0, 0.05) is 11.6 Å². The Hall–Kier alpha value is -1.37. The zero-order chi connectivity index (χ0) is 14.0. The van der Waals surface area contributed by atoms with Gasteiger partial charge in [0.15, 0.2) is 0 Å². The van der Waals surface area contributed by atoms with E-state index in [-0.39, 0.29) is 11.8 Å². The molecule has 6 heteroatoms. The van der Waals surface area contributed by atoms with Gasteiger partial charge >= 0.3 is 0 Å². The van der Waals surface area contributed by atoms with Crippen LogP contribution in [0.15, 0.2) is 28.7 Å². The first-order chi connectivity index (χ1) is 8.89. The summed E-state index contributed by atoms with van der Waals surface area (Å²) in [6.07, 6.45) is 1.59. The smallest absolute Gasteiger partial charge is 0.147 e. The molecule has 0 aliphatic rings. The predicted molar refractivity (Wildman–Crippen MR) is 75.3 cm³/mol. The van der Waals surface area contributed by atoms with Gasteiger partial charge in [-0.05, 0) is 31.5 Å². The largest absolute Gasteiger partial charge is 0.459 e. The monoisotopic (exact) mass is 282 g/mol. The Kier molecular flexibility index (Phi) is 3.93. The number of hydrazine groups is 1. The van der Waals surface area contributed by atoms with Crippen molar-refractivity contribution in [3.05, 3.63) is 35.6 Å². The second kappa shape index (κ2) is 5.32. The maximum atomic E-state index is 11.2. The zero-order valence-corrected chi connectivity index (χ0v) is 11.8. The lowest BCUT2D eigenvalue weighted by atomic mass is 10.1. The van der Waals surface area contributed by atoms with E-state index in [0.29, 0.717) is 12.2 Å². The van der Waals surface area contributed by atoms with Crippen LogP contribution in [0.2, 0.25) is 0 Å². The van der Waals surface area contributed by atoms with Gasteiger partial charge in [-0.3, -0.25) is 5.84 Å². The molecule has 19 heavy (non-hydrogen) atoms. The summed E-state index contributed by atoms with van der Waals surface area (Å²) >= 11 is 0. The Morgan fingerprint density at radius 3 is 2.74 bits per heavy atom. The fourth-order valence-corrected chi connectivity index (χ4v) is 2.66. The van der Waals surface area contributed by atoms with E-state index in [2.05, 4.69) is 5.43 Å². The van der Waals surface area contributed by atoms with E-state index in [1.165, 1.54) is 6.26 Å². The van der Waals surface area contributed by atoms with E-state index in [4.69, 9.17) is 10.3 Å². The van der Waals surface area contributed by atoms with Crippen molar-refractivity contribution in [2.24, 2.45) is 5.84 Å². The van der Waals surface area contributed by atoms with Gasteiger partial charge in [-0.1, -0.05) is 11.6 Å². The van der Waals surface area contributed by atoms with Crippen LogP contribution in [0.1, 0.15) is 23.8 Å². The third kappa shape index (κ3) is 3.56. The normalized spacial score (nSPS) is 13.8. The first-order valence-electron chi connectivity index (χ1n) is 6.03. The molecule has 0 fully saturated rings. The third-order valence-electron chi connectivity index (χ3n) is 3.01. The van der Waals surface area contributed by atoms with Crippen LogP contribution in [0.4, 0.5) is 0 Å². The number of nitrogens with two attached hydrogens (primary N) is 1. The van der Waals surface area contributed by atoms with Crippen LogP contribution >= 0.6 is 0 Å². The number of hydrogen-bond donors (Lipinski definition) is 2. The molecular weight excluding hydrogens is 264 g/mol. The Morgan fingerprint density at radius 1 is 1.37 bits per heavy atom. The summed E-state index contributed by atoms with van der Waals surface area (Å²) in [6.45, 7) is 2.01. The van der Waals surface area contributed by atoms with Gasteiger partial charge in [0.2, 0.25) is 0 Å². The molecule has 2 rings (SSSR count). The summed E-state index contributed by atoms with van der Waals surface area (Å²) in [5.41, 5.74) is 4.53. The van der Waals surface area contributed by atoms with Crippen molar-refractivity contribution >= 4 is 20.8 Å². The van der Waals surface area contributed by atoms with E-state index < -0.39 is 9.84 Å². The van der Waals surface area contributed by atoms with Gasteiger partial charge in [0.25, 0.3) is 0 Å². The number of hydrogen-bond acceptors (Lipinski definition) is 5. The molecule has 0 amide bonds. The van der Waals surface area contributed by atoms with Crippen LogP contribution in [0.3, 0.4) is 0 Å². The van der Waals surface area contributed by atoms with Crippen molar-refractivity contribution in [2.75, 3.05) is 12.0 Å². The maximum absolute atomic E-state index is 11.2. The van der Waals surface area contributed by atoms with Crippen molar-refractivity contribution in [3.8, 4) is 0 Å². The van der Waals surface area contributed by atoms with Crippen LogP contribution in [0.25, 0.3) is 11.0 Å². The van der Waals surface area contributed by atoms with Crippen LogP contribution in [-0.2, 0) is 9.84 Å². The Morgan fingerprint density at radius 2 is 2.11 bits per heavy atom. The third-order valence-corrected chi connectivity index (χ3v) is 3.99. The summed E-state index contributed by atoms with van der Waals surface area (Å²) in [5, 5.41) is 0.995. The molecular formula is C13H18N2O3S. The van der Waals surface area contributed by atoms with Gasteiger partial charge in [-0.25, -0.2) is 13.8 Å².